The van der Waals surface area contributed by atoms with Gasteiger partial charge in [-0.25, -0.2) is 0 Å². The summed E-state index contributed by atoms with van der Waals surface area (Å²) < 4.78 is 0. The van der Waals surface area contributed by atoms with Crippen molar-refractivity contribution in [1.29, 1.82) is 0 Å². The number of benzene rings is 1. The second kappa shape index (κ2) is 10.9. The van der Waals surface area contributed by atoms with Crippen molar-refractivity contribution in [3.05, 3.63) is 35.9 Å². The smallest absolute Gasteiger partial charge is 0.0245 e. The Kier molecular flexibility index (Phi) is 8.99. The molecule has 0 aliphatic carbocycles. The highest BCUT2D eigenvalue weighted by atomic mass is 14.0. The third-order valence-electron chi connectivity index (χ3n) is 3.16. The molecule has 0 aliphatic heterocycles. The van der Waals surface area contributed by atoms with Gasteiger partial charge in [-0.3, -0.25) is 0 Å². The molecule has 0 aromatic heterocycles. The van der Waals surface area contributed by atoms with Gasteiger partial charge in [0.1, 0.15) is 0 Å². The third kappa shape index (κ3) is 7.96. The number of hydrogen-bond donors (Lipinski definition) is 0. The Labute approximate surface area is 113 Å². The standard InChI is InChI=1S/C18H26/c1-2-3-4-5-6-7-8-9-10-12-15-18-16-13-11-14-17-18/h11,13-14,16-17H,2-10H2,1H3. The van der Waals surface area contributed by atoms with Crippen molar-refractivity contribution in [2.75, 3.05) is 0 Å². The Morgan fingerprint density at radius 3 is 2.06 bits per heavy atom. The Bertz CT molecular complexity index is 339. The molecule has 0 radical (unpaired) electrons. The molecule has 1 aromatic carbocycles. The van der Waals surface area contributed by atoms with Gasteiger partial charge in [-0.1, -0.05) is 81.9 Å². The van der Waals surface area contributed by atoms with Crippen LogP contribution in [0.5, 0.6) is 0 Å². The van der Waals surface area contributed by atoms with Crippen LogP contribution < -0.4 is 0 Å². The van der Waals surface area contributed by atoms with Gasteiger partial charge in [-0.2, -0.15) is 0 Å². The van der Waals surface area contributed by atoms with E-state index in [1.54, 1.807) is 0 Å². The van der Waals surface area contributed by atoms with Gasteiger partial charge in [-0.05, 0) is 18.6 Å². The maximum atomic E-state index is 3.26. The molecule has 0 heterocycles. The molecule has 0 spiro atoms. The summed E-state index contributed by atoms with van der Waals surface area (Å²) in [5.74, 6) is 6.48. The van der Waals surface area contributed by atoms with Crippen molar-refractivity contribution in [2.24, 2.45) is 0 Å². The highest BCUT2D eigenvalue weighted by molar-refractivity contribution is 5.33. The van der Waals surface area contributed by atoms with Crippen LogP contribution in [0.15, 0.2) is 30.3 Å². The minimum Gasteiger partial charge on any atom is -0.0979 e. The minimum absolute atomic E-state index is 1.05. The summed E-state index contributed by atoms with van der Waals surface area (Å²) in [4.78, 5) is 0. The predicted octanol–water partition coefficient (Wildman–Crippen LogP) is 5.57. The van der Waals surface area contributed by atoms with Crippen molar-refractivity contribution in [3.63, 3.8) is 0 Å². The van der Waals surface area contributed by atoms with Crippen LogP contribution in [0.3, 0.4) is 0 Å². The van der Waals surface area contributed by atoms with Crippen LogP contribution in [-0.4, -0.2) is 0 Å². The Morgan fingerprint density at radius 2 is 1.39 bits per heavy atom. The van der Waals surface area contributed by atoms with Crippen LogP contribution in [0.2, 0.25) is 0 Å². The highest BCUT2D eigenvalue weighted by Gasteiger charge is 1.90. The van der Waals surface area contributed by atoms with E-state index in [1.165, 1.54) is 51.4 Å². The van der Waals surface area contributed by atoms with Gasteiger partial charge in [0, 0.05) is 12.0 Å². The van der Waals surface area contributed by atoms with Crippen molar-refractivity contribution in [3.8, 4) is 11.8 Å². The maximum absolute atomic E-state index is 3.26. The van der Waals surface area contributed by atoms with E-state index < -0.39 is 0 Å². The fraction of sp³-hybridized carbons (Fsp3) is 0.556. The quantitative estimate of drug-likeness (QED) is 0.413. The van der Waals surface area contributed by atoms with E-state index in [-0.39, 0.29) is 0 Å². The molecule has 0 fully saturated rings. The molecule has 18 heavy (non-hydrogen) atoms. The molecule has 0 saturated heterocycles. The molecular weight excluding hydrogens is 216 g/mol. The average molecular weight is 242 g/mol. The fourth-order valence-electron chi connectivity index (χ4n) is 2.03. The third-order valence-corrected chi connectivity index (χ3v) is 3.16. The van der Waals surface area contributed by atoms with Crippen LogP contribution in [-0.2, 0) is 0 Å². The molecule has 0 nitrogen and oxygen atoms in total. The molecule has 0 bridgehead atoms. The van der Waals surface area contributed by atoms with Gasteiger partial charge in [-0.15, -0.1) is 0 Å². The van der Waals surface area contributed by atoms with Gasteiger partial charge >= 0.3 is 0 Å². The topological polar surface area (TPSA) is 0 Å². The maximum Gasteiger partial charge on any atom is 0.0245 e. The van der Waals surface area contributed by atoms with E-state index >= 15 is 0 Å². The van der Waals surface area contributed by atoms with Crippen LogP contribution in [0.1, 0.15) is 70.3 Å². The number of hydrogen-bond acceptors (Lipinski definition) is 0. The minimum atomic E-state index is 1.05. The summed E-state index contributed by atoms with van der Waals surface area (Å²) in [6.07, 6.45) is 12.0. The van der Waals surface area contributed by atoms with E-state index in [0.717, 1.165) is 12.0 Å². The lowest BCUT2D eigenvalue weighted by atomic mass is 10.1. The van der Waals surface area contributed by atoms with E-state index in [0.29, 0.717) is 0 Å². The highest BCUT2D eigenvalue weighted by Crippen LogP contribution is 2.09. The van der Waals surface area contributed by atoms with Gasteiger partial charge in [0.25, 0.3) is 0 Å². The Morgan fingerprint density at radius 1 is 0.778 bits per heavy atom. The van der Waals surface area contributed by atoms with Crippen LogP contribution >= 0.6 is 0 Å². The summed E-state index contributed by atoms with van der Waals surface area (Å²) in [7, 11) is 0. The fourth-order valence-corrected chi connectivity index (χ4v) is 2.03. The normalized spacial score (nSPS) is 9.83. The van der Waals surface area contributed by atoms with Crippen molar-refractivity contribution in [2.45, 2.75) is 64.7 Å². The van der Waals surface area contributed by atoms with Gasteiger partial charge in [0.05, 0.1) is 0 Å². The van der Waals surface area contributed by atoms with Gasteiger partial charge in [0.2, 0.25) is 0 Å². The number of rotatable bonds is 8. The summed E-state index contributed by atoms with van der Waals surface area (Å²) in [6, 6.07) is 10.3. The molecule has 98 valence electrons. The first-order valence-electron chi connectivity index (χ1n) is 7.47. The largest absolute Gasteiger partial charge is 0.0979 e. The summed E-state index contributed by atoms with van der Waals surface area (Å²) in [6.45, 7) is 2.27. The zero-order chi connectivity index (χ0) is 12.9. The molecule has 0 saturated carbocycles. The molecule has 0 unspecified atom stereocenters. The number of unbranched alkanes of at least 4 members (excludes halogenated alkanes) is 8. The second-order valence-electron chi connectivity index (χ2n) is 4.89. The second-order valence-corrected chi connectivity index (χ2v) is 4.89. The van der Waals surface area contributed by atoms with Gasteiger partial charge in [0.15, 0.2) is 0 Å². The lowest BCUT2D eigenvalue weighted by molar-refractivity contribution is 0.579. The van der Waals surface area contributed by atoms with E-state index in [2.05, 4.69) is 30.9 Å². The first-order chi connectivity index (χ1) is 8.93. The predicted molar refractivity (Wildman–Crippen MR) is 80.5 cm³/mol. The Balaban J connectivity index is 1.94. The van der Waals surface area contributed by atoms with Crippen LogP contribution in [0, 0.1) is 11.8 Å². The van der Waals surface area contributed by atoms with E-state index in [9.17, 15) is 0 Å². The summed E-state index contributed by atoms with van der Waals surface area (Å²) in [5, 5.41) is 0. The van der Waals surface area contributed by atoms with E-state index in [1.807, 2.05) is 18.2 Å². The zero-order valence-corrected chi connectivity index (χ0v) is 11.8. The lowest BCUT2D eigenvalue weighted by Gasteiger charge is -1.99. The molecule has 0 N–H and O–H groups in total. The SMILES string of the molecule is CCCCCCCCCCC#Cc1ccccc1. The Hall–Kier alpha value is -1.22. The van der Waals surface area contributed by atoms with Crippen LogP contribution in [0.25, 0.3) is 0 Å². The monoisotopic (exact) mass is 242 g/mol. The first kappa shape index (κ1) is 14.8. The molecule has 1 rings (SSSR count). The van der Waals surface area contributed by atoms with Crippen molar-refractivity contribution >= 4 is 0 Å². The molecule has 0 heteroatoms. The zero-order valence-electron chi connectivity index (χ0n) is 11.8. The molecular formula is C18H26. The van der Waals surface area contributed by atoms with E-state index in [4.69, 9.17) is 0 Å². The lowest BCUT2D eigenvalue weighted by Crippen LogP contribution is -1.80. The average Bonchev–Trinajstić information content (AvgIpc) is 2.42. The van der Waals surface area contributed by atoms with Crippen molar-refractivity contribution < 1.29 is 0 Å². The molecule has 0 aliphatic rings. The first-order valence-corrected chi connectivity index (χ1v) is 7.47. The van der Waals surface area contributed by atoms with Gasteiger partial charge < -0.3 is 0 Å². The van der Waals surface area contributed by atoms with Crippen LogP contribution in [0.4, 0.5) is 0 Å². The van der Waals surface area contributed by atoms with Crippen molar-refractivity contribution in [1.82, 2.24) is 0 Å². The molecule has 0 atom stereocenters. The molecule has 0 amide bonds. The summed E-state index contributed by atoms with van der Waals surface area (Å²) >= 11 is 0. The molecule has 1 aromatic rings. The summed E-state index contributed by atoms with van der Waals surface area (Å²) in [5.41, 5.74) is 1.14.